The molecule has 0 atom stereocenters. The van der Waals surface area contributed by atoms with Crippen LogP contribution in [0.1, 0.15) is 5.56 Å². The van der Waals surface area contributed by atoms with E-state index < -0.39 is 4.92 Å². The Labute approximate surface area is 148 Å². The normalized spacial score (nSPS) is 10.5. The minimum atomic E-state index is -0.537. The Bertz CT molecular complexity index is 793. The summed E-state index contributed by atoms with van der Waals surface area (Å²) in [4.78, 5) is 21.9. The molecular formula is C16H15ClN4O4. The number of halogens is 1. The lowest BCUT2D eigenvalue weighted by Gasteiger charge is -2.06. The second kappa shape index (κ2) is 8.65. The number of methoxy groups -OCH3 is 1. The van der Waals surface area contributed by atoms with E-state index in [-0.39, 0.29) is 18.1 Å². The van der Waals surface area contributed by atoms with Crippen molar-refractivity contribution in [3.63, 3.8) is 0 Å². The van der Waals surface area contributed by atoms with E-state index >= 15 is 0 Å². The molecule has 2 aromatic rings. The van der Waals surface area contributed by atoms with Gasteiger partial charge in [0.1, 0.15) is 5.75 Å². The molecule has 0 unspecified atom stereocenters. The summed E-state index contributed by atoms with van der Waals surface area (Å²) < 4.78 is 5.04. The van der Waals surface area contributed by atoms with Crippen molar-refractivity contribution in [2.24, 2.45) is 5.10 Å². The van der Waals surface area contributed by atoms with Crippen molar-refractivity contribution < 1.29 is 14.5 Å². The van der Waals surface area contributed by atoms with Gasteiger partial charge in [-0.2, -0.15) is 5.10 Å². The van der Waals surface area contributed by atoms with Crippen LogP contribution in [0.3, 0.4) is 0 Å². The Hall–Kier alpha value is -3.13. The average Bonchev–Trinajstić information content (AvgIpc) is 2.61. The van der Waals surface area contributed by atoms with E-state index in [2.05, 4.69) is 15.8 Å². The predicted octanol–water partition coefficient (Wildman–Crippen LogP) is 2.82. The number of hydrogen-bond acceptors (Lipinski definition) is 6. The maximum absolute atomic E-state index is 11.7. The van der Waals surface area contributed by atoms with Gasteiger partial charge in [0.2, 0.25) is 0 Å². The molecule has 0 bridgehead atoms. The first kappa shape index (κ1) is 18.2. The molecule has 0 aliphatic rings. The summed E-state index contributed by atoms with van der Waals surface area (Å²) in [6, 6.07) is 11.0. The maximum Gasteiger partial charge on any atom is 0.270 e. The number of nitrogens with one attached hydrogen (secondary N) is 2. The van der Waals surface area contributed by atoms with Gasteiger partial charge in [0.15, 0.2) is 0 Å². The number of non-ortho nitro benzene ring substituents is 1. The van der Waals surface area contributed by atoms with E-state index in [1.54, 1.807) is 31.4 Å². The van der Waals surface area contributed by atoms with Crippen LogP contribution in [0, 0.1) is 10.1 Å². The van der Waals surface area contributed by atoms with Crippen molar-refractivity contribution in [3.8, 4) is 5.75 Å². The number of carbonyl (C=O) groups excluding carboxylic acids is 1. The minimum Gasteiger partial charge on any atom is -0.497 e. The number of carbonyl (C=O) groups is 1. The average molecular weight is 363 g/mol. The molecular weight excluding hydrogens is 348 g/mol. The zero-order valence-electron chi connectivity index (χ0n) is 13.2. The molecule has 130 valence electrons. The van der Waals surface area contributed by atoms with Gasteiger partial charge in [-0.05, 0) is 30.3 Å². The molecule has 2 rings (SSSR count). The van der Waals surface area contributed by atoms with Gasteiger partial charge in [0, 0.05) is 28.4 Å². The third-order valence-corrected chi connectivity index (χ3v) is 3.47. The van der Waals surface area contributed by atoms with Gasteiger partial charge in [-0.15, -0.1) is 0 Å². The summed E-state index contributed by atoms with van der Waals surface area (Å²) in [5.74, 6) is 0.335. The van der Waals surface area contributed by atoms with Gasteiger partial charge in [-0.1, -0.05) is 11.6 Å². The third-order valence-electron chi connectivity index (χ3n) is 3.13. The van der Waals surface area contributed by atoms with Crippen LogP contribution >= 0.6 is 11.6 Å². The van der Waals surface area contributed by atoms with E-state index in [9.17, 15) is 14.9 Å². The van der Waals surface area contributed by atoms with Crippen molar-refractivity contribution in [2.75, 3.05) is 19.0 Å². The second-order valence-electron chi connectivity index (χ2n) is 4.84. The van der Waals surface area contributed by atoms with Crippen LogP contribution in [-0.4, -0.2) is 30.7 Å². The molecule has 25 heavy (non-hydrogen) atoms. The number of nitro benzene ring substituents is 1. The Morgan fingerprint density at radius 1 is 1.32 bits per heavy atom. The summed E-state index contributed by atoms with van der Waals surface area (Å²) >= 11 is 5.93. The molecule has 1 amide bonds. The van der Waals surface area contributed by atoms with Gasteiger partial charge < -0.3 is 10.1 Å². The van der Waals surface area contributed by atoms with Crippen molar-refractivity contribution in [1.29, 1.82) is 0 Å². The van der Waals surface area contributed by atoms with Gasteiger partial charge in [0.05, 0.1) is 24.8 Å². The molecule has 0 heterocycles. The van der Waals surface area contributed by atoms with Crippen LogP contribution in [0.4, 0.5) is 11.4 Å². The Morgan fingerprint density at radius 3 is 2.68 bits per heavy atom. The molecule has 0 aliphatic heterocycles. The topological polar surface area (TPSA) is 106 Å². The van der Waals surface area contributed by atoms with Crippen molar-refractivity contribution in [1.82, 2.24) is 5.43 Å². The molecule has 0 saturated heterocycles. The molecule has 8 nitrogen and oxygen atoms in total. The van der Waals surface area contributed by atoms with E-state index in [0.29, 0.717) is 16.3 Å². The van der Waals surface area contributed by atoms with Crippen molar-refractivity contribution in [3.05, 3.63) is 63.2 Å². The van der Waals surface area contributed by atoms with Crippen molar-refractivity contribution >= 4 is 35.1 Å². The number of nitro groups is 1. The molecule has 2 N–H and O–H groups in total. The molecule has 0 aliphatic carbocycles. The van der Waals surface area contributed by atoms with Crippen molar-refractivity contribution in [2.45, 2.75) is 0 Å². The van der Waals surface area contributed by atoms with Crippen LogP contribution in [-0.2, 0) is 4.79 Å². The van der Waals surface area contributed by atoms with E-state index in [0.717, 1.165) is 5.69 Å². The largest absolute Gasteiger partial charge is 0.497 e. The summed E-state index contributed by atoms with van der Waals surface area (Å²) in [6.45, 7) is 0.00629. The number of nitrogens with zero attached hydrogens (tertiary/aromatic N) is 2. The summed E-state index contributed by atoms with van der Waals surface area (Å²) in [6.07, 6.45) is 1.25. The Balaban J connectivity index is 1.87. The first-order valence-corrected chi connectivity index (χ1v) is 7.51. The zero-order chi connectivity index (χ0) is 18.2. The van der Waals surface area contributed by atoms with Crippen LogP contribution in [0.25, 0.3) is 0 Å². The Morgan fingerprint density at radius 2 is 2.04 bits per heavy atom. The van der Waals surface area contributed by atoms with Crippen LogP contribution in [0.15, 0.2) is 47.6 Å². The first-order valence-electron chi connectivity index (χ1n) is 7.13. The first-order chi connectivity index (χ1) is 12.0. The third kappa shape index (κ3) is 5.47. The highest BCUT2D eigenvalue weighted by Crippen LogP contribution is 2.20. The number of benzene rings is 2. The highest BCUT2D eigenvalue weighted by Gasteiger charge is 2.08. The second-order valence-corrected chi connectivity index (χ2v) is 5.25. The van der Waals surface area contributed by atoms with Gasteiger partial charge in [0.25, 0.3) is 11.6 Å². The molecule has 0 fully saturated rings. The fourth-order valence-corrected chi connectivity index (χ4v) is 2.01. The predicted molar refractivity (Wildman–Crippen MR) is 95.3 cm³/mol. The zero-order valence-corrected chi connectivity index (χ0v) is 14.0. The smallest absolute Gasteiger partial charge is 0.270 e. The monoisotopic (exact) mass is 362 g/mol. The molecule has 0 aromatic heterocycles. The van der Waals surface area contributed by atoms with E-state index in [4.69, 9.17) is 16.3 Å². The molecule has 9 heteroatoms. The lowest BCUT2D eigenvalue weighted by Crippen LogP contribution is -2.25. The highest BCUT2D eigenvalue weighted by atomic mass is 35.5. The van der Waals surface area contributed by atoms with Crippen LogP contribution in [0.5, 0.6) is 5.75 Å². The quantitative estimate of drug-likeness (QED) is 0.447. The molecule has 0 saturated carbocycles. The number of amides is 1. The van der Waals surface area contributed by atoms with Gasteiger partial charge in [-0.3, -0.25) is 14.9 Å². The maximum atomic E-state index is 11.7. The van der Waals surface area contributed by atoms with E-state index in [1.165, 1.54) is 24.4 Å². The van der Waals surface area contributed by atoms with Crippen LogP contribution in [0.2, 0.25) is 5.02 Å². The number of hydrazone groups is 1. The number of ether oxygens (including phenoxy) is 1. The standard InChI is InChI=1S/C16H15ClN4O4/c1-25-14-5-2-12(3-6-14)18-10-16(22)20-19-9-11-8-13(21(23)24)4-7-15(11)17/h2-9,18H,10H2,1H3,(H,20,22)/b19-9+. The summed E-state index contributed by atoms with van der Waals surface area (Å²) in [7, 11) is 1.57. The van der Waals surface area contributed by atoms with Gasteiger partial charge in [-0.25, -0.2) is 5.43 Å². The summed E-state index contributed by atoms with van der Waals surface area (Å²) in [5.41, 5.74) is 3.29. The lowest BCUT2D eigenvalue weighted by molar-refractivity contribution is -0.384. The van der Waals surface area contributed by atoms with Gasteiger partial charge >= 0.3 is 0 Å². The van der Waals surface area contributed by atoms with E-state index in [1.807, 2.05) is 0 Å². The summed E-state index contributed by atoms with van der Waals surface area (Å²) in [5, 5.41) is 17.7. The number of anilines is 1. The molecule has 2 aromatic carbocycles. The number of hydrogen-bond donors (Lipinski definition) is 2. The molecule has 0 spiro atoms. The highest BCUT2D eigenvalue weighted by molar-refractivity contribution is 6.33. The molecule has 0 radical (unpaired) electrons. The fraction of sp³-hybridized carbons (Fsp3) is 0.125. The Kier molecular flexibility index (Phi) is 6.30. The van der Waals surface area contributed by atoms with Crippen LogP contribution < -0.4 is 15.5 Å². The fourth-order valence-electron chi connectivity index (χ4n) is 1.85. The number of rotatable bonds is 7. The SMILES string of the molecule is COc1ccc(NCC(=O)N/N=C/c2cc([N+](=O)[O-])ccc2Cl)cc1. The lowest BCUT2D eigenvalue weighted by atomic mass is 10.2. The minimum absolute atomic E-state index is 0.00629.